The summed E-state index contributed by atoms with van der Waals surface area (Å²) in [7, 11) is -1.30. The number of hydrogen-bond acceptors (Lipinski definition) is 2. The fourth-order valence-corrected chi connectivity index (χ4v) is 3.16. The minimum absolute atomic E-state index is 0.231. The van der Waals surface area contributed by atoms with Crippen molar-refractivity contribution in [3.05, 3.63) is 0 Å². The zero-order chi connectivity index (χ0) is 11.6. The Kier molecular flexibility index (Phi) is 4.18. The predicted octanol–water partition coefficient (Wildman–Crippen LogP) is 2.09. The summed E-state index contributed by atoms with van der Waals surface area (Å²) in [6, 6.07) is 0.231. The van der Waals surface area contributed by atoms with Crippen LogP contribution in [-0.2, 0) is 10.0 Å². The summed E-state index contributed by atoms with van der Waals surface area (Å²) in [6.07, 6.45) is 5.67. The lowest BCUT2D eigenvalue weighted by Crippen LogP contribution is -2.39. The molecule has 0 N–H and O–H groups in total. The summed E-state index contributed by atoms with van der Waals surface area (Å²) < 4.78 is 24.3. The number of sulfonamides is 1. The molecule has 0 heterocycles. The highest BCUT2D eigenvalue weighted by Gasteiger charge is 2.28. The molecule has 0 radical (unpaired) electrons. The Hall–Kier alpha value is -0.0900. The molecule has 3 nitrogen and oxygen atoms in total. The van der Waals surface area contributed by atoms with Gasteiger partial charge in [-0.2, -0.15) is 0 Å². The van der Waals surface area contributed by atoms with Crippen LogP contribution in [0.25, 0.3) is 0 Å². The first kappa shape index (κ1) is 13.0. The summed E-state index contributed by atoms with van der Waals surface area (Å²) in [5.41, 5.74) is 0. The van der Waals surface area contributed by atoms with Gasteiger partial charge in [-0.25, -0.2) is 12.7 Å². The van der Waals surface area contributed by atoms with E-state index in [2.05, 4.69) is 13.8 Å². The number of nitrogens with zero attached hydrogens (tertiary/aromatic N) is 1. The van der Waals surface area contributed by atoms with Crippen LogP contribution in [0.3, 0.4) is 0 Å². The molecule has 0 amide bonds. The van der Waals surface area contributed by atoms with Crippen molar-refractivity contribution in [2.75, 3.05) is 13.3 Å². The Morgan fingerprint density at radius 1 is 1.13 bits per heavy atom. The van der Waals surface area contributed by atoms with E-state index in [1.807, 2.05) is 0 Å². The zero-order valence-corrected chi connectivity index (χ0v) is 11.0. The van der Waals surface area contributed by atoms with E-state index in [1.54, 1.807) is 11.4 Å². The van der Waals surface area contributed by atoms with Gasteiger partial charge in [-0.1, -0.05) is 13.8 Å². The van der Waals surface area contributed by atoms with E-state index in [1.165, 1.54) is 19.1 Å². The van der Waals surface area contributed by atoms with Gasteiger partial charge in [0.2, 0.25) is 10.0 Å². The van der Waals surface area contributed by atoms with Crippen LogP contribution >= 0.6 is 0 Å². The maximum atomic E-state index is 11.4. The Morgan fingerprint density at radius 2 is 1.60 bits per heavy atom. The van der Waals surface area contributed by atoms with Crippen LogP contribution < -0.4 is 0 Å². The van der Waals surface area contributed by atoms with Crippen molar-refractivity contribution in [1.29, 1.82) is 0 Å². The second-order valence-corrected chi connectivity index (χ2v) is 7.13. The van der Waals surface area contributed by atoms with E-state index < -0.39 is 10.0 Å². The minimum atomic E-state index is -3.01. The third-order valence-electron chi connectivity index (χ3n) is 3.72. The molecule has 0 aromatic heterocycles. The normalized spacial score (nSPS) is 28.7. The molecule has 0 aromatic carbocycles. The Bertz CT molecular complexity index is 290. The monoisotopic (exact) mass is 233 g/mol. The summed E-state index contributed by atoms with van der Waals surface area (Å²) in [4.78, 5) is 0. The van der Waals surface area contributed by atoms with Crippen molar-refractivity contribution in [3.8, 4) is 0 Å². The van der Waals surface area contributed by atoms with Gasteiger partial charge in [0, 0.05) is 13.1 Å². The van der Waals surface area contributed by atoms with Crippen molar-refractivity contribution in [1.82, 2.24) is 4.31 Å². The Labute approximate surface area is 93.9 Å². The van der Waals surface area contributed by atoms with Gasteiger partial charge >= 0.3 is 0 Å². The lowest BCUT2D eigenvalue weighted by atomic mass is 9.80. The molecule has 1 aliphatic rings. The number of rotatable bonds is 3. The third-order valence-corrected chi connectivity index (χ3v) is 5.07. The van der Waals surface area contributed by atoms with Crippen molar-refractivity contribution in [3.63, 3.8) is 0 Å². The largest absolute Gasteiger partial charge is 0.213 e. The van der Waals surface area contributed by atoms with E-state index in [9.17, 15) is 8.42 Å². The van der Waals surface area contributed by atoms with Crippen LogP contribution in [0.4, 0.5) is 0 Å². The molecule has 0 atom stereocenters. The Morgan fingerprint density at radius 3 is 1.93 bits per heavy atom. The lowest BCUT2D eigenvalue weighted by molar-refractivity contribution is 0.202. The van der Waals surface area contributed by atoms with Crippen LogP contribution in [0.15, 0.2) is 0 Å². The van der Waals surface area contributed by atoms with Gasteiger partial charge in [-0.05, 0) is 37.5 Å². The van der Waals surface area contributed by atoms with Crippen molar-refractivity contribution in [2.45, 2.75) is 45.6 Å². The van der Waals surface area contributed by atoms with Gasteiger partial charge in [0.1, 0.15) is 0 Å². The van der Waals surface area contributed by atoms with E-state index in [0.29, 0.717) is 0 Å². The molecule has 90 valence electrons. The average molecular weight is 233 g/mol. The summed E-state index contributed by atoms with van der Waals surface area (Å²) >= 11 is 0. The SMILES string of the molecule is CC(C)C1CCC(N(C)S(C)(=O)=O)CC1. The predicted molar refractivity (Wildman–Crippen MR) is 63.2 cm³/mol. The van der Waals surface area contributed by atoms with Crippen LogP contribution in [0.2, 0.25) is 0 Å². The molecule has 4 heteroatoms. The van der Waals surface area contributed by atoms with Crippen LogP contribution in [0.5, 0.6) is 0 Å². The highest BCUT2D eigenvalue weighted by molar-refractivity contribution is 7.88. The first-order valence-electron chi connectivity index (χ1n) is 5.75. The molecule has 0 aliphatic heterocycles. The summed E-state index contributed by atoms with van der Waals surface area (Å²) in [5, 5.41) is 0. The topological polar surface area (TPSA) is 37.4 Å². The molecule has 1 rings (SSSR count). The molecular weight excluding hydrogens is 210 g/mol. The summed E-state index contributed by atoms with van der Waals surface area (Å²) in [5.74, 6) is 1.52. The van der Waals surface area contributed by atoms with Crippen LogP contribution in [-0.4, -0.2) is 32.1 Å². The quantitative estimate of drug-likeness (QED) is 0.748. The molecule has 0 spiro atoms. The van der Waals surface area contributed by atoms with Gasteiger partial charge in [-0.15, -0.1) is 0 Å². The van der Waals surface area contributed by atoms with E-state index in [0.717, 1.165) is 24.7 Å². The van der Waals surface area contributed by atoms with Crippen LogP contribution in [0, 0.1) is 11.8 Å². The van der Waals surface area contributed by atoms with Gasteiger partial charge in [0.15, 0.2) is 0 Å². The minimum Gasteiger partial charge on any atom is -0.213 e. The van der Waals surface area contributed by atoms with Crippen molar-refractivity contribution < 1.29 is 8.42 Å². The van der Waals surface area contributed by atoms with Crippen molar-refractivity contribution >= 4 is 10.0 Å². The second kappa shape index (κ2) is 4.83. The fourth-order valence-electron chi connectivity index (χ4n) is 2.40. The Balaban J connectivity index is 2.51. The molecule has 0 unspecified atom stereocenters. The smallest absolute Gasteiger partial charge is 0.211 e. The van der Waals surface area contributed by atoms with Gasteiger partial charge in [0.25, 0.3) is 0 Å². The molecule has 15 heavy (non-hydrogen) atoms. The maximum absolute atomic E-state index is 11.4. The molecule has 1 saturated carbocycles. The molecule has 1 fully saturated rings. The molecule has 0 saturated heterocycles. The van der Waals surface area contributed by atoms with Crippen LogP contribution in [0.1, 0.15) is 39.5 Å². The van der Waals surface area contributed by atoms with Gasteiger partial charge < -0.3 is 0 Å². The highest BCUT2D eigenvalue weighted by atomic mass is 32.2. The average Bonchev–Trinajstić information content (AvgIpc) is 2.15. The summed E-state index contributed by atoms with van der Waals surface area (Å²) in [6.45, 7) is 4.51. The van der Waals surface area contributed by atoms with Gasteiger partial charge in [-0.3, -0.25) is 0 Å². The first-order chi connectivity index (χ1) is 6.82. The van der Waals surface area contributed by atoms with Crippen molar-refractivity contribution in [2.24, 2.45) is 11.8 Å². The second-order valence-electron chi connectivity index (χ2n) is 5.09. The molecule has 0 aromatic rings. The zero-order valence-electron chi connectivity index (χ0n) is 10.2. The third kappa shape index (κ3) is 3.45. The lowest BCUT2D eigenvalue weighted by Gasteiger charge is -2.34. The van der Waals surface area contributed by atoms with E-state index in [-0.39, 0.29) is 6.04 Å². The van der Waals surface area contributed by atoms with E-state index >= 15 is 0 Å². The molecule has 1 aliphatic carbocycles. The van der Waals surface area contributed by atoms with E-state index in [4.69, 9.17) is 0 Å². The standard InChI is InChI=1S/C11H23NO2S/c1-9(2)10-5-7-11(8-6-10)12(3)15(4,13)14/h9-11H,5-8H2,1-4H3. The molecular formula is C11H23NO2S. The first-order valence-corrected chi connectivity index (χ1v) is 7.60. The molecule has 0 bridgehead atoms. The highest BCUT2D eigenvalue weighted by Crippen LogP contribution is 2.32. The fraction of sp³-hybridized carbons (Fsp3) is 1.00. The van der Waals surface area contributed by atoms with Gasteiger partial charge in [0.05, 0.1) is 6.26 Å². The number of hydrogen-bond donors (Lipinski definition) is 0. The maximum Gasteiger partial charge on any atom is 0.211 e.